The highest BCUT2D eigenvalue weighted by Crippen LogP contribution is 2.22. The monoisotopic (exact) mass is 442 g/mol. The molecule has 152 valence electrons. The van der Waals surface area contributed by atoms with Gasteiger partial charge < -0.3 is 0 Å². The molecule has 26 heavy (non-hydrogen) atoms. The topological polar surface area (TPSA) is 145 Å². The zero-order chi connectivity index (χ0) is 20.2. The van der Waals surface area contributed by atoms with Crippen molar-refractivity contribution in [2.75, 3.05) is 44.2 Å². The zero-order valence-corrected chi connectivity index (χ0v) is 15.8. The number of rotatable bonds is 8. The number of piperazine rings is 1. The van der Waals surface area contributed by atoms with Crippen LogP contribution in [0, 0.1) is 11.3 Å². The van der Waals surface area contributed by atoms with Gasteiger partial charge in [0.05, 0.1) is 24.1 Å². The van der Waals surface area contributed by atoms with E-state index in [-0.39, 0.29) is 19.6 Å². The van der Waals surface area contributed by atoms with Gasteiger partial charge in [-0.1, -0.05) is 0 Å². The van der Waals surface area contributed by atoms with Gasteiger partial charge in [-0.25, -0.2) is 25.3 Å². The summed E-state index contributed by atoms with van der Waals surface area (Å²) in [5.41, 5.74) is -5.80. The molecule has 0 aliphatic carbocycles. The van der Waals surface area contributed by atoms with Crippen LogP contribution in [0.2, 0.25) is 0 Å². The SMILES string of the molecule is N#CCN1CCN(S(=O)(=O)CCCS(=O)(=O)NS(=O)(=O)C(F)(F)F)CC1. The van der Waals surface area contributed by atoms with E-state index in [2.05, 4.69) is 0 Å². The minimum atomic E-state index is -6.08. The van der Waals surface area contributed by atoms with Crippen molar-refractivity contribution >= 4 is 30.1 Å². The molecule has 0 spiro atoms. The highest BCUT2D eigenvalue weighted by atomic mass is 32.3. The highest BCUT2D eigenvalue weighted by Gasteiger charge is 2.48. The maximum atomic E-state index is 12.2. The molecule has 1 aliphatic heterocycles. The van der Waals surface area contributed by atoms with Crippen LogP contribution in [-0.2, 0) is 30.1 Å². The van der Waals surface area contributed by atoms with E-state index >= 15 is 0 Å². The Morgan fingerprint density at radius 2 is 1.50 bits per heavy atom. The molecule has 0 unspecified atom stereocenters. The fraction of sp³-hybridized carbons (Fsp3) is 0.900. The Morgan fingerprint density at radius 3 is 1.96 bits per heavy atom. The Bertz CT molecular complexity index is 839. The number of halogens is 3. The summed E-state index contributed by atoms with van der Waals surface area (Å²) in [4.78, 5) is 1.72. The van der Waals surface area contributed by atoms with Gasteiger partial charge in [-0.15, -0.1) is 4.13 Å². The Balaban J connectivity index is 2.57. The number of alkyl halides is 3. The van der Waals surface area contributed by atoms with Gasteiger partial charge in [0.25, 0.3) is 0 Å². The summed E-state index contributed by atoms with van der Waals surface area (Å²) in [6.07, 6.45) is -0.580. The van der Waals surface area contributed by atoms with Crippen LogP contribution in [0.4, 0.5) is 13.2 Å². The fourth-order valence-corrected chi connectivity index (χ4v) is 6.32. The second-order valence-electron chi connectivity index (χ2n) is 5.35. The number of hydrogen-bond acceptors (Lipinski definition) is 8. The Kier molecular flexibility index (Phi) is 7.41. The van der Waals surface area contributed by atoms with Gasteiger partial charge in [-0.3, -0.25) is 4.90 Å². The number of sulfonamides is 3. The van der Waals surface area contributed by atoms with Crippen LogP contribution < -0.4 is 4.13 Å². The normalized spacial score (nSPS) is 18.5. The van der Waals surface area contributed by atoms with E-state index in [9.17, 15) is 38.4 Å². The van der Waals surface area contributed by atoms with Crippen molar-refractivity contribution in [1.29, 1.82) is 5.26 Å². The lowest BCUT2D eigenvalue weighted by atomic mass is 10.4. The van der Waals surface area contributed by atoms with Crippen molar-refractivity contribution in [3.05, 3.63) is 0 Å². The molecule has 1 fully saturated rings. The molecule has 10 nitrogen and oxygen atoms in total. The van der Waals surface area contributed by atoms with Crippen LogP contribution in [0.1, 0.15) is 6.42 Å². The van der Waals surface area contributed by atoms with Gasteiger partial charge in [0.15, 0.2) is 0 Å². The van der Waals surface area contributed by atoms with Crippen molar-refractivity contribution in [3.63, 3.8) is 0 Å². The minimum Gasteiger partial charge on any atom is -0.288 e. The summed E-state index contributed by atoms with van der Waals surface area (Å²) in [7, 11) is -14.8. The second kappa shape index (κ2) is 8.35. The predicted octanol–water partition coefficient (Wildman–Crippen LogP) is -1.38. The molecule has 1 aliphatic rings. The summed E-state index contributed by atoms with van der Waals surface area (Å²) >= 11 is 0. The Hall–Kier alpha value is -0.990. The molecular weight excluding hydrogens is 425 g/mol. The van der Waals surface area contributed by atoms with E-state index in [1.165, 1.54) is 0 Å². The first-order valence-corrected chi connectivity index (χ1v) is 11.8. The fourth-order valence-electron chi connectivity index (χ4n) is 2.08. The van der Waals surface area contributed by atoms with Gasteiger partial charge in [0.2, 0.25) is 20.0 Å². The van der Waals surface area contributed by atoms with E-state index in [0.29, 0.717) is 17.2 Å². The van der Waals surface area contributed by atoms with E-state index in [1.54, 1.807) is 4.90 Å². The smallest absolute Gasteiger partial charge is 0.288 e. The maximum Gasteiger partial charge on any atom is 0.512 e. The first kappa shape index (κ1) is 23.0. The van der Waals surface area contributed by atoms with Crippen molar-refractivity contribution in [2.45, 2.75) is 11.9 Å². The van der Waals surface area contributed by atoms with Gasteiger partial charge in [0, 0.05) is 26.2 Å². The molecular formula is C10H17F3N4O6S3. The molecule has 0 aromatic heterocycles. The maximum absolute atomic E-state index is 12.2. The molecule has 0 amide bonds. The minimum absolute atomic E-state index is 0.0947. The number of hydrogen-bond donors (Lipinski definition) is 1. The molecule has 1 heterocycles. The van der Waals surface area contributed by atoms with E-state index in [1.807, 2.05) is 6.07 Å². The summed E-state index contributed by atoms with van der Waals surface area (Å²) in [6.45, 7) is 0.966. The predicted molar refractivity (Wildman–Crippen MR) is 83.9 cm³/mol. The number of nitrogens with one attached hydrogen (secondary N) is 1. The molecule has 1 N–H and O–H groups in total. The van der Waals surface area contributed by atoms with Crippen LogP contribution in [0.5, 0.6) is 0 Å². The summed E-state index contributed by atoms with van der Waals surface area (Å²) in [5, 5.41) is 8.57. The summed E-state index contributed by atoms with van der Waals surface area (Å²) in [6, 6.07) is 1.93. The molecule has 0 atom stereocenters. The van der Waals surface area contributed by atoms with Crippen LogP contribution >= 0.6 is 0 Å². The molecule has 0 radical (unpaired) electrons. The molecule has 16 heteroatoms. The molecule has 0 aromatic rings. The van der Waals surface area contributed by atoms with Crippen molar-refractivity contribution in [1.82, 2.24) is 13.3 Å². The van der Waals surface area contributed by atoms with E-state index < -0.39 is 53.5 Å². The molecule has 1 saturated heterocycles. The van der Waals surface area contributed by atoms with Crippen molar-refractivity contribution in [3.8, 4) is 6.07 Å². The largest absolute Gasteiger partial charge is 0.512 e. The molecule has 0 saturated carbocycles. The Labute approximate surface area is 149 Å². The van der Waals surface area contributed by atoms with Crippen molar-refractivity contribution in [2.24, 2.45) is 0 Å². The van der Waals surface area contributed by atoms with Crippen LogP contribution in [-0.4, -0.2) is 84.2 Å². The third kappa shape index (κ3) is 6.63. The van der Waals surface area contributed by atoms with Gasteiger partial charge >= 0.3 is 15.5 Å². The molecule has 1 rings (SSSR count). The van der Waals surface area contributed by atoms with Gasteiger partial charge in [-0.05, 0) is 6.42 Å². The number of nitriles is 1. The standard InChI is InChI=1S/C10H17F3N4O6S3/c11-10(12,13)26(22,23)15-24(18,19)8-1-9-25(20,21)17-6-4-16(3-2-14)5-7-17/h15H,1,3-9H2. The molecule has 0 aromatic carbocycles. The zero-order valence-electron chi connectivity index (χ0n) is 13.3. The average molecular weight is 442 g/mol. The average Bonchev–Trinajstić information content (AvgIpc) is 2.45. The molecule has 0 bridgehead atoms. The van der Waals surface area contributed by atoms with E-state index in [4.69, 9.17) is 5.26 Å². The summed E-state index contributed by atoms with van der Waals surface area (Å²) in [5.74, 6) is -1.77. The third-order valence-corrected chi connectivity index (χ3v) is 8.66. The third-order valence-electron chi connectivity index (χ3n) is 3.38. The number of nitrogens with zero attached hydrogens (tertiary/aromatic N) is 3. The lowest BCUT2D eigenvalue weighted by molar-refractivity contribution is -0.0441. The van der Waals surface area contributed by atoms with Crippen LogP contribution in [0.3, 0.4) is 0 Å². The lowest BCUT2D eigenvalue weighted by Gasteiger charge is -2.32. The highest BCUT2D eigenvalue weighted by molar-refractivity contribution is 8.05. The first-order chi connectivity index (χ1) is 11.7. The van der Waals surface area contributed by atoms with Crippen LogP contribution in [0.15, 0.2) is 0 Å². The quantitative estimate of drug-likeness (QED) is 0.453. The van der Waals surface area contributed by atoms with Crippen LogP contribution in [0.25, 0.3) is 0 Å². The Morgan fingerprint density at radius 1 is 0.962 bits per heavy atom. The van der Waals surface area contributed by atoms with E-state index in [0.717, 1.165) is 4.31 Å². The first-order valence-electron chi connectivity index (χ1n) is 7.10. The lowest BCUT2D eigenvalue weighted by Crippen LogP contribution is -2.49. The van der Waals surface area contributed by atoms with Crippen molar-refractivity contribution < 1.29 is 38.4 Å². The van der Waals surface area contributed by atoms with Gasteiger partial charge in [0.1, 0.15) is 0 Å². The van der Waals surface area contributed by atoms with Gasteiger partial charge in [-0.2, -0.15) is 22.7 Å². The second-order valence-corrected chi connectivity index (χ2v) is 11.2. The summed E-state index contributed by atoms with van der Waals surface area (Å²) < 4.78 is 107.